The van der Waals surface area contributed by atoms with E-state index in [2.05, 4.69) is 0 Å². The Hall–Kier alpha value is -0.0500. The molecular weight excluding hydrogens is 192 g/mol. The highest BCUT2D eigenvalue weighted by molar-refractivity contribution is 7.16. The van der Waals surface area contributed by atoms with Gasteiger partial charge in [-0.1, -0.05) is 11.6 Å². The first-order valence-electron chi connectivity index (χ1n) is 4.18. The van der Waals surface area contributed by atoms with Gasteiger partial charge in [-0.05, 0) is 30.9 Å². The molecule has 3 heteroatoms. The van der Waals surface area contributed by atoms with Crippen molar-refractivity contribution in [1.29, 1.82) is 0 Å². The highest BCUT2D eigenvalue weighted by atomic mass is 35.5. The summed E-state index contributed by atoms with van der Waals surface area (Å²) >= 11 is 7.34. The Balaban J connectivity index is 1.93. The van der Waals surface area contributed by atoms with Gasteiger partial charge < -0.3 is 5.11 Å². The minimum absolute atomic E-state index is 0.139. The van der Waals surface area contributed by atoms with Gasteiger partial charge in [0.15, 0.2) is 0 Å². The second kappa shape index (κ2) is 3.36. The Morgan fingerprint density at radius 3 is 2.83 bits per heavy atom. The fourth-order valence-corrected chi connectivity index (χ4v) is 2.45. The summed E-state index contributed by atoms with van der Waals surface area (Å²) in [6.07, 6.45) is 3.03. The third-order valence-electron chi connectivity index (χ3n) is 2.21. The molecule has 1 saturated carbocycles. The van der Waals surface area contributed by atoms with E-state index in [-0.39, 0.29) is 6.10 Å². The molecule has 1 aliphatic carbocycles. The standard InChI is InChI=1S/C9H11ClOS/c10-9-4-3-7(12-9)5-8(11)6-1-2-6/h3-4,6,8,11H,1-2,5H2. The molecule has 0 spiro atoms. The topological polar surface area (TPSA) is 20.2 Å². The molecule has 1 N–H and O–H groups in total. The van der Waals surface area contributed by atoms with Crippen LogP contribution >= 0.6 is 22.9 Å². The molecule has 2 rings (SSSR count). The van der Waals surface area contributed by atoms with Crippen molar-refractivity contribution >= 4 is 22.9 Å². The summed E-state index contributed by atoms with van der Waals surface area (Å²) in [4.78, 5) is 1.19. The van der Waals surface area contributed by atoms with E-state index < -0.39 is 0 Å². The molecule has 1 aliphatic rings. The molecule has 1 aromatic heterocycles. The number of thiophene rings is 1. The number of aliphatic hydroxyl groups is 1. The third-order valence-corrected chi connectivity index (χ3v) is 3.46. The van der Waals surface area contributed by atoms with Crippen LogP contribution in [0.3, 0.4) is 0 Å². The molecule has 12 heavy (non-hydrogen) atoms. The highest BCUT2D eigenvalue weighted by Gasteiger charge is 2.29. The number of hydrogen-bond acceptors (Lipinski definition) is 2. The zero-order valence-electron chi connectivity index (χ0n) is 6.66. The lowest BCUT2D eigenvalue weighted by atomic mass is 10.1. The van der Waals surface area contributed by atoms with Crippen LogP contribution in [0.1, 0.15) is 17.7 Å². The van der Waals surface area contributed by atoms with Crippen molar-refractivity contribution in [1.82, 2.24) is 0 Å². The van der Waals surface area contributed by atoms with Gasteiger partial charge in [0.2, 0.25) is 0 Å². The summed E-state index contributed by atoms with van der Waals surface area (Å²) in [5.41, 5.74) is 0. The van der Waals surface area contributed by atoms with Crippen LogP contribution in [0.4, 0.5) is 0 Å². The average molecular weight is 203 g/mol. The first-order valence-corrected chi connectivity index (χ1v) is 5.37. The maximum Gasteiger partial charge on any atom is 0.0931 e. The molecule has 0 saturated heterocycles. The van der Waals surface area contributed by atoms with Gasteiger partial charge in [0.05, 0.1) is 10.4 Å². The Labute approximate surface area is 81.0 Å². The second-order valence-electron chi connectivity index (χ2n) is 3.31. The van der Waals surface area contributed by atoms with Gasteiger partial charge in [-0.15, -0.1) is 11.3 Å². The lowest BCUT2D eigenvalue weighted by Crippen LogP contribution is -2.11. The van der Waals surface area contributed by atoms with Gasteiger partial charge >= 0.3 is 0 Å². The van der Waals surface area contributed by atoms with E-state index in [0.717, 1.165) is 10.8 Å². The van der Waals surface area contributed by atoms with Crippen molar-refractivity contribution in [3.63, 3.8) is 0 Å². The molecule has 66 valence electrons. The molecule has 0 aromatic carbocycles. The Kier molecular flexibility index (Phi) is 2.40. The van der Waals surface area contributed by atoms with Crippen LogP contribution < -0.4 is 0 Å². The summed E-state index contributed by atoms with van der Waals surface area (Å²) in [5.74, 6) is 0.561. The van der Waals surface area contributed by atoms with E-state index in [4.69, 9.17) is 11.6 Å². The number of halogens is 1. The second-order valence-corrected chi connectivity index (χ2v) is 5.11. The Morgan fingerprint density at radius 2 is 2.33 bits per heavy atom. The van der Waals surface area contributed by atoms with Crippen LogP contribution in [-0.2, 0) is 6.42 Å². The van der Waals surface area contributed by atoms with Crippen LogP contribution in [0.2, 0.25) is 4.34 Å². The summed E-state index contributed by atoms with van der Waals surface area (Å²) in [6, 6.07) is 3.89. The van der Waals surface area contributed by atoms with Crippen LogP contribution in [0.5, 0.6) is 0 Å². The van der Waals surface area contributed by atoms with Gasteiger partial charge in [0, 0.05) is 11.3 Å². The largest absolute Gasteiger partial charge is 0.392 e. The highest BCUT2D eigenvalue weighted by Crippen LogP contribution is 2.35. The van der Waals surface area contributed by atoms with Crippen LogP contribution in [0.15, 0.2) is 12.1 Å². The summed E-state index contributed by atoms with van der Waals surface area (Å²) in [7, 11) is 0. The summed E-state index contributed by atoms with van der Waals surface area (Å²) in [6.45, 7) is 0. The lowest BCUT2D eigenvalue weighted by molar-refractivity contribution is 0.152. The van der Waals surface area contributed by atoms with Crippen LogP contribution in [-0.4, -0.2) is 11.2 Å². The quantitative estimate of drug-likeness (QED) is 0.799. The molecular formula is C9H11ClOS. The van der Waals surface area contributed by atoms with Crippen molar-refractivity contribution in [2.45, 2.75) is 25.4 Å². The first kappa shape index (κ1) is 8.54. The van der Waals surface area contributed by atoms with Crippen molar-refractivity contribution in [3.8, 4) is 0 Å². The minimum Gasteiger partial charge on any atom is -0.392 e. The third kappa shape index (κ3) is 2.00. The van der Waals surface area contributed by atoms with Gasteiger partial charge in [-0.2, -0.15) is 0 Å². The van der Waals surface area contributed by atoms with Crippen LogP contribution in [0.25, 0.3) is 0 Å². The SMILES string of the molecule is OC(Cc1ccc(Cl)s1)C1CC1. The van der Waals surface area contributed by atoms with Crippen molar-refractivity contribution in [2.75, 3.05) is 0 Å². The molecule has 1 atom stereocenters. The fraction of sp³-hybridized carbons (Fsp3) is 0.556. The summed E-state index contributed by atoms with van der Waals surface area (Å²) < 4.78 is 0.813. The Morgan fingerprint density at radius 1 is 1.58 bits per heavy atom. The number of rotatable bonds is 3. The zero-order chi connectivity index (χ0) is 8.55. The van der Waals surface area contributed by atoms with Gasteiger partial charge in [-0.3, -0.25) is 0 Å². The predicted octanol–water partition coefficient (Wildman–Crippen LogP) is 2.71. The molecule has 0 aliphatic heterocycles. The predicted molar refractivity (Wildman–Crippen MR) is 51.8 cm³/mol. The van der Waals surface area contributed by atoms with Gasteiger partial charge in [0.1, 0.15) is 0 Å². The number of hydrogen-bond donors (Lipinski definition) is 1. The van der Waals surface area contributed by atoms with E-state index in [9.17, 15) is 5.11 Å². The number of aliphatic hydroxyl groups excluding tert-OH is 1. The smallest absolute Gasteiger partial charge is 0.0931 e. The molecule has 0 amide bonds. The molecule has 1 nitrogen and oxygen atoms in total. The van der Waals surface area contributed by atoms with Crippen LogP contribution in [0, 0.1) is 5.92 Å². The first-order chi connectivity index (χ1) is 5.75. The van der Waals surface area contributed by atoms with Crippen molar-refractivity contribution in [3.05, 3.63) is 21.3 Å². The molecule has 1 heterocycles. The molecule has 1 aromatic rings. The molecule has 1 unspecified atom stereocenters. The zero-order valence-corrected chi connectivity index (χ0v) is 8.24. The maximum absolute atomic E-state index is 9.62. The maximum atomic E-state index is 9.62. The molecule has 0 radical (unpaired) electrons. The van der Waals surface area contributed by atoms with Crippen molar-refractivity contribution in [2.24, 2.45) is 5.92 Å². The monoisotopic (exact) mass is 202 g/mol. The van der Waals surface area contributed by atoms with E-state index in [1.165, 1.54) is 17.7 Å². The summed E-state index contributed by atoms with van der Waals surface area (Å²) in [5, 5.41) is 9.62. The van der Waals surface area contributed by atoms with Gasteiger partial charge in [0.25, 0.3) is 0 Å². The normalized spacial score (nSPS) is 19.5. The minimum atomic E-state index is -0.139. The molecule has 0 bridgehead atoms. The fourth-order valence-electron chi connectivity index (χ4n) is 1.32. The van der Waals surface area contributed by atoms with E-state index in [1.54, 1.807) is 11.3 Å². The average Bonchev–Trinajstić information content (AvgIpc) is 2.78. The van der Waals surface area contributed by atoms with E-state index >= 15 is 0 Å². The van der Waals surface area contributed by atoms with Gasteiger partial charge in [-0.25, -0.2) is 0 Å². The Bertz CT molecular complexity index is 267. The molecule has 1 fully saturated rings. The van der Waals surface area contributed by atoms with Crippen molar-refractivity contribution < 1.29 is 5.11 Å². The van der Waals surface area contributed by atoms with E-state index in [1.807, 2.05) is 12.1 Å². The lowest BCUT2D eigenvalue weighted by Gasteiger charge is -2.05. The van der Waals surface area contributed by atoms with E-state index in [0.29, 0.717) is 5.92 Å².